The van der Waals surface area contributed by atoms with E-state index in [1.807, 2.05) is 47.0 Å². The Labute approximate surface area is 366 Å². The van der Waals surface area contributed by atoms with Gasteiger partial charge < -0.3 is 4.90 Å². The lowest BCUT2D eigenvalue weighted by Gasteiger charge is -2.36. The van der Waals surface area contributed by atoms with Gasteiger partial charge in [0.05, 0.1) is 5.69 Å². The van der Waals surface area contributed by atoms with E-state index in [4.69, 9.17) is 0 Å². The van der Waals surface area contributed by atoms with Gasteiger partial charge in [-0.15, -0.1) is 0 Å². The van der Waals surface area contributed by atoms with Crippen LogP contribution >= 0.6 is 47.0 Å². The Kier molecular flexibility index (Phi) is 9.22. The minimum atomic E-state index is -1.96. The predicted molar refractivity (Wildman–Crippen MR) is 261 cm³/mol. The zero-order chi connectivity index (χ0) is 39.9. The summed E-state index contributed by atoms with van der Waals surface area (Å²) in [5.74, 6) is 0. The molecule has 0 fully saturated rings. The topological polar surface area (TPSA) is 3.24 Å². The van der Waals surface area contributed by atoms with Crippen LogP contribution in [0.2, 0.25) is 26.2 Å². The van der Waals surface area contributed by atoms with Gasteiger partial charge in [0, 0.05) is 50.5 Å². The molecule has 0 spiro atoms. The summed E-state index contributed by atoms with van der Waals surface area (Å²) in [6, 6.07) is 66.3. The molecule has 0 aliphatic carbocycles. The van der Waals surface area contributed by atoms with Crippen molar-refractivity contribution in [2.75, 3.05) is 4.90 Å². The second kappa shape index (κ2) is 14.5. The first-order valence-electron chi connectivity index (χ1n) is 20.2. The predicted octanol–water partition coefficient (Wildman–Crippen LogP) is 13.7. The van der Waals surface area contributed by atoms with Crippen LogP contribution in [0.3, 0.4) is 0 Å². The average Bonchev–Trinajstić information content (AvgIpc) is 3.26. The second-order valence-corrected chi connectivity index (χ2v) is 29.4. The van der Waals surface area contributed by atoms with Gasteiger partial charge >= 0.3 is 0 Å². The lowest BCUT2D eigenvalue weighted by molar-refractivity contribution is 1.16. The number of anilines is 3. The number of fused-ring (bicyclic) bond motifs is 6. The molecule has 1 nitrogen and oxygen atoms in total. The van der Waals surface area contributed by atoms with E-state index in [-0.39, 0.29) is 0 Å². The monoisotopic (exact) mass is 863 g/mol. The van der Waals surface area contributed by atoms with Gasteiger partial charge in [-0.2, -0.15) is 0 Å². The summed E-state index contributed by atoms with van der Waals surface area (Å²) in [4.78, 5) is 13.4. The Balaban J connectivity index is 1.02. The van der Waals surface area contributed by atoms with Crippen LogP contribution in [0.1, 0.15) is 0 Å². The number of hydrogen-bond acceptors (Lipinski definition) is 5. The number of rotatable bonds is 5. The van der Waals surface area contributed by atoms with Gasteiger partial charge in [0.2, 0.25) is 0 Å². The minimum absolute atomic E-state index is 1.16. The summed E-state index contributed by atoms with van der Waals surface area (Å²) in [5, 5.41) is 6.10. The molecule has 8 aromatic carbocycles. The molecule has 0 aromatic heterocycles. The smallest absolute Gasteiger partial charge is 0.115 e. The summed E-state index contributed by atoms with van der Waals surface area (Å²) in [7, 11) is -3.81. The van der Waals surface area contributed by atoms with Crippen LogP contribution in [-0.4, -0.2) is 16.1 Å². The molecule has 0 radical (unpaired) electrons. The number of hydrogen-bond donors (Lipinski definition) is 0. The molecule has 3 aliphatic rings. The van der Waals surface area contributed by atoms with Crippen LogP contribution in [0.25, 0.3) is 22.3 Å². The fraction of sp³-hybridized carbons (Fsp3) is 0.0769. The van der Waals surface area contributed by atoms with Gasteiger partial charge in [0.25, 0.3) is 0 Å². The molecule has 11 rings (SSSR count). The SMILES string of the molecule is C[Si]1(C)c2ccccc2Sc2c(-c3ccc(N(c4ccc(-c5cccc6c5Sc5ccccc5S6)cc4)c4cccc5c4Sc4ccccc4[Si]5(C)C)cc3)cccc21. The minimum Gasteiger partial charge on any atom is -0.309 e. The van der Waals surface area contributed by atoms with Crippen molar-refractivity contribution in [1.82, 2.24) is 0 Å². The van der Waals surface area contributed by atoms with Crippen LogP contribution in [-0.2, 0) is 0 Å². The normalized spacial score (nSPS) is 15.1. The molecule has 0 N–H and O–H groups in total. The fourth-order valence-electron chi connectivity index (χ4n) is 9.10. The maximum atomic E-state index is 2.51. The van der Waals surface area contributed by atoms with E-state index in [0.29, 0.717) is 0 Å². The Morgan fingerprint density at radius 3 is 1.32 bits per heavy atom. The van der Waals surface area contributed by atoms with Crippen molar-refractivity contribution in [2.45, 2.75) is 65.4 Å². The van der Waals surface area contributed by atoms with Gasteiger partial charge in [0.1, 0.15) is 16.1 Å². The largest absolute Gasteiger partial charge is 0.309 e. The molecule has 3 heterocycles. The quantitative estimate of drug-likeness (QED) is 0.158. The van der Waals surface area contributed by atoms with E-state index in [2.05, 4.69) is 207 Å². The molecule has 0 atom stereocenters. The van der Waals surface area contributed by atoms with E-state index in [1.165, 1.54) is 82.7 Å². The third kappa shape index (κ3) is 6.24. The first kappa shape index (κ1) is 37.4. The molecule has 0 bridgehead atoms. The van der Waals surface area contributed by atoms with Crippen LogP contribution in [0.5, 0.6) is 0 Å². The molecule has 286 valence electrons. The zero-order valence-corrected chi connectivity index (χ0v) is 38.6. The first-order chi connectivity index (χ1) is 28.8. The third-order valence-electron chi connectivity index (χ3n) is 12.3. The molecular formula is C52H41NS4Si2. The zero-order valence-electron chi connectivity index (χ0n) is 33.3. The second-order valence-electron chi connectivity index (χ2n) is 16.5. The highest BCUT2D eigenvalue weighted by Gasteiger charge is 2.38. The highest BCUT2D eigenvalue weighted by atomic mass is 32.2. The van der Waals surface area contributed by atoms with Gasteiger partial charge in [-0.05, 0) is 104 Å². The maximum Gasteiger partial charge on any atom is 0.115 e. The Hall–Kier alpha value is -4.61. The highest BCUT2D eigenvalue weighted by molar-refractivity contribution is 8.05. The van der Waals surface area contributed by atoms with Crippen LogP contribution in [0.4, 0.5) is 17.1 Å². The van der Waals surface area contributed by atoms with E-state index in [0.717, 1.165) is 11.4 Å². The molecule has 7 heteroatoms. The van der Waals surface area contributed by atoms with E-state index >= 15 is 0 Å². The molecule has 0 saturated heterocycles. The lowest BCUT2D eigenvalue weighted by atomic mass is 10.0. The summed E-state index contributed by atoms with van der Waals surface area (Å²) >= 11 is 7.66. The number of benzene rings is 8. The van der Waals surface area contributed by atoms with Crippen molar-refractivity contribution >= 4 is 101 Å². The Morgan fingerprint density at radius 2 is 0.729 bits per heavy atom. The molecular weight excluding hydrogens is 823 g/mol. The van der Waals surface area contributed by atoms with Crippen LogP contribution in [0.15, 0.2) is 215 Å². The van der Waals surface area contributed by atoms with Crippen molar-refractivity contribution in [1.29, 1.82) is 0 Å². The van der Waals surface area contributed by atoms with Crippen molar-refractivity contribution in [3.63, 3.8) is 0 Å². The molecule has 59 heavy (non-hydrogen) atoms. The van der Waals surface area contributed by atoms with E-state index < -0.39 is 16.1 Å². The molecule has 8 aromatic rings. The van der Waals surface area contributed by atoms with Crippen LogP contribution < -0.4 is 25.6 Å². The maximum absolute atomic E-state index is 2.51. The first-order valence-corrected chi connectivity index (χ1v) is 29.4. The summed E-state index contributed by atoms with van der Waals surface area (Å²) in [6.07, 6.45) is 0. The Morgan fingerprint density at radius 1 is 0.322 bits per heavy atom. The molecule has 0 unspecified atom stereocenters. The van der Waals surface area contributed by atoms with Gasteiger partial charge in [0.15, 0.2) is 0 Å². The third-order valence-corrected chi connectivity index (χ3v) is 25.1. The van der Waals surface area contributed by atoms with Crippen molar-refractivity contribution in [2.24, 2.45) is 0 Å². The van der Waals surface area contributed by atoms with E-state index in [1.54, 1.807) is 5.19 Å². The standard InChI is InChI=1S/C52H41NS4Si2/c1-58(2)46-22-9-7-19-43(46)56-51-39(15-12-24-48(51)58)35-28-32-37(33-29-35)53(40-16-13-25-49-52(40)57-44-20-8-10-23-47(44)59(49,3)4)36-30-26-34(27-31-36)38-14-11-21-45-50(38)55-42-18-6-5-17-41(42)54-45/h5-33H,1-4H3. The van der Waals surface area contributed by atoms with Crippen molar-refractivity contribution in [3.05, 3.63) is 176 Å². The van der Waals surface area contributed by atoms with E-state index in [9.17, 15) is 0 Å². The summed E-state index contributed by atoms with van der Waals surface area (Å²) < 4.78 is 0. The molecule has 0 saturated carbocycles. The average molecular weight is 864 g/mol. The number of nitrogens with zero attached hydrogens (tertiary/aromatic N) is 1. The van der Waals surface area contributed by atoms with Gasteiger partial charge in [-0.3, -0.25) is 0 Å². The molecule has 3 aliphatic heterocycles. The molecule has 0 amide bonds. The van der Waals surface area contributed by atoms with Crippen LogP contribution in [0, 0.1) is 0 Å². The van der Waals surface area contributed by atoms with Crippen molar-refractivity contribution < 1.29 is 0 Å². The van der Waals surface area contributed by atoms with Gasteiger partial charge in [-0.25, -0.2) is 0 Å². The summed E-state index contributed by atoms with van der Waals surface area (Å²) in [5.41, 5.74) is 8.66. The highest BCUT2D eigenvalue weighted by Crippen LogP contribution is 2.52. The van der Waals surface area contributed by atoms with Gasteiger partial charge in [-0.1, -0.05) is 188 Å². The Bertz CT molecular complexity index is 2960. The summed E-state index contributed by atoms with van der Waals surface area (Å²) in [6.45, 7) is 10.0. The lowest BCUT2D eigenvalue weighted by Crippen LogP contribution is -2.56. The fourth-order valence-corrected chi connectivity index (χ4v) is 22.6. The van der Waals surface area contributed by atoms with Crippen molar-refractivity contribution in [3.8, 4) is 22.3 Å².